The number of H-pyrrole nitrogens is 1. The molecular formula is C13H23N3O. The number of rotatable bonds is 7. The van der Waals surface area contributed by atoms with Gasteiger partial charge in [-0.05, 0) is 38.5 Å². The van der Waals surface area contributed by atoms with Gasteiger partial charge in [0.2, 0.25) is 0 Å². The largest absolute Gasteiger partial charge is 0.385 e. The SMILES string of the molecule is COCCC1(CNCc2c(C)n[nH]c2C)CC1. The summed E-state index contributed by atoms with van der Waals surface area (Å²) < 4.78 is 5.17. The molecule has 96 valence electrons. The van der Waals surface area contributed by atoms with Crippen molar-refractivity contribution in [2.24, 2.45) is 5.41 Å². The molecule has 0 bridgehead atoms. The van der Waals surface area contributed by atoms with E-state index in [0.29, 0.717) is 5.41 Å². The molecule has 0 unspecified atom stereocenters. The minimum absolute atomic E-state index is 0.515. The van der Waals surface area contributed by atoms with Gasteiger partial charge < -0.3 is 10.1 Å². The van der Waals surface area contributed by atoms with Crippen molar-refractivity contribution in [3.05, 3.63) is 17.0 Å². The smallest absolute Gasteiger partial charge is 0.0638 e. The number of aromatic amines is 1. The van der Waals surface area contributed by atoms with Crippen molar-refractivity contribution in [3.63, 3.8) is 0 Å². The van der Waals surface area contributed by atoms with Crippen molar-refractivity contribution in [2.45, 2.75) is 39.7 Å². The van der Waals surface area contributed by atoms with E-state index in [4.69, 9.17) is 4.74 Å². The Balaban J connectivity index is 1.76. The second-order valence-electron chi connectivity index (χ2n) is 5.26. The van der Waals surface area contributed by atoms with E-state index < -0.39 is 0 Å². The van der Waals surface area contributed by atoms with Crippen molar-refractivity contribution in [1.29, 1.82) is 0 Å². The Morgan fingerprint density at radius 1 is 1.41 bits per heavy atom. The number of hydrogen-bond acceptors (Lipinski definition) is 3. The number of aryl methyl sites for hydroxylation is 2. The Labute approximate surface area is 103 Å². The van der Waals surface area contributed by atoms with E-state index in [9.17, 15) is 0 Å². The zero-order valence-corrected chi connectivity index (χ0v) is 11.1. The second kappa shape index (κ2) is 5.19. The molecule has 0 aromatic carbocycles. The normalized spacial score (nSPS) is 17.4. The lowest BCUT2D eigenvalue weighted by Crippen LogP contribution is -2.25. The predicted molar refractivity (Wildman–Crippen MR) is 67.9 cm³/mol. The van der Waals surface area contributed by atoms with Crippen molar-refractivity contribution >= 4 is 0 Å². The fourth-order valence-corrected chi connectivity index (χ4v) is 2.30. The first kappa shape index (κ1) is 12.6. The third kappa shape index (κ3) is 3.07. The average Bonchev–Trinajstić information content (AvgIpc) is 3.02. The van der Waals surface area contributed by atoms with E-state index in [0.717, 1.165) is 25.4 Å². The number of aromatic nitrogens is 2. The summed E-state index contributed by atoms with van der Waals surface area (Å²) in [5.74, 6) is 0. The van der Waals surface area contributed by atoms with Gasteiger partial charge in [-0.1, -0.05) is 0 Å². The van der Waals surface area contributed by atoms with Crippen molar-refractivity contribution in [2.75, 3.05) is 20.3 Å². The van der Waals surface area contributed by atoms with Gasteiger partial charge in [-0.25, -0.2) is 0 Å². The summed E-state index contributed by atoms with van der Waals surface area (Å²) in [4.78, 5) is 0. The molecule has 1 aromatic rings. The van der Waals surface area contributed by atoms with Crippen LogP contribution in [0, 0.1) is 19.3 Å². The minimum Gasteiger partial charge on any atom is -0.385 e. The van der Waals surface area contributed by atoms with Crippen LogP contribution in [0.3, 0.4) is 0 Å². The van der Waals surface area contributed by atoms with Crippen molar-refractivity contribution in [3.8, 4) is 0 Å². The highest BCUT2D eigenvalue weighted by Crippen LogP contribution is 2.48. The van der Waals surface area contributed by atoms with Crippen molar-refractivity contribution in [1.82, 2.24) is 15.5 Å². The lowest BCUT2D eigenvalue weighted by Gasteiger charge is -2.15. The molecule has 1 aliphatic rings. The first-order chi connectivity index (χ1) is 8.17. The lowest BCUT2D eigenvalue weighted by molar-refractivity contribution is 0.171. The molecule has 1 aliphatic carbocycles. The molecule has 0 spiro atoms. The number of hydrogen-bond donors (Lipinski definition) is 2. The molecule has 4 heteroatoms. The molecule has 1 saturated carbocycles. The molecule has 2 N–H and O–H groups in total. The summed E-state index contributed by atoms with van der Waals surface area (Å²) in [5.41, 5.74) is 4.11. The summed E-state index contributed by atoms with van der Waals surface area (Å²) in [6.07, 6.45) is 3.86. The van der Waals surface area contributed by atoms with Gasteiger partial charge in [0.25, 0.3) is 0 Å². The van der Waals surface area contributed by atoms with Gasteiger partial charge in [-0.2, -0.15) is 5.10 Å². The van der Waals surface area contributed by atoms with Crippen LogP contribution < -0.4 is 5.32 Å². The van der Waals surface area contributed by atoms with E-state index in [2.05, 4.69) is 29.4 Å². The van der Waals surface area contributed by atoms with E-state index in [1.165, 1.54) is 30.5 Å². The summed E-state index contributed by atoms with van der Waals surface area (Å²) in [5, 5.41) is 10.8. The maximum Gasteiger partial charge on any atom is 0.0638 e. The lowest BCUT2D eigenvalue weighted by atomic mass is 10.0. The van der Waals surface area contributed by atoms with Gasteiger partial charge in [-0.15, -0.1) is 0 Å². The van der Waals surface area contributed by atoms with Gasteiger partial charge in [0, 0.05) is 38.1 Å². The molecule has 0 saturated heterocycles. The van der Waals surface area contributed by atoms with Gasteiger partial charge in [0.15, 0.2) is 0 Å². The molecule has 1 fully saturated rings. The van der Waals surface area contributed by atoms with Crippen LogP contribution in [0.15, 0.2) is 0 Å². The van der Waals surface area contributed by atoms with Gasteiger partial charge in [0.1, 0.15) is 0 Å². The van der Waals surface area contributed by atoms with E-state index >= 15 is 0 Å². The van der Waals surface area contributed by atoms with Crippen molar-refractivity contribution < 1.29 is 4.74 Å². The molecule has 1 aromatic heterocycles. The van der Waals surface area contributed by atoms with E-state index in [1.54, 1.807) is 7.11 Å². The van der Waals surface area contributed by atoms with E-state index in [1.807, 2.05) is 0 Å². The summed E-state index contributed by atoms with van der Waals surface area (Å²) in [6, 6.07) is 0. The van der Waals surface area contributed by atoms with Gasteiger partial charge >= 0.3 is 0 Å². The fourth-order valence-electron chi connectivity index (χ4n) is 2.30. The van der Waals surface area contributed by atoms with Gasteiger partial charge in [-0.3, -0.25) is 5.10 Å². The molecular weight excluding hydrogens is 214 g/mol. The molecule has 4 nitrogen and oxygen atoms in total. The topological polar surface area (TPSA) is 49.9 Å². The number of nitrogens with one attached hydrogen (secondary N) is 2. The first-order valence-electron chi connectivity index (χ1n) is 6.37. The Morgan fingerprint density at radius 2 is 2.18 bits per heavy atom. The quantitative estimate of drug-likeness (QED) is 0.762. The minimum atomic E-state index is 0.515. The third-order valence-electron chi connectivity index (χ3n) is 3.88. The van der Waals surface area contributed by atoms with Gasteiger partial charge in [0.05, 0.1) is 5.69 Å². The zero-order chi connectivity index (χ0) is 12.3. The van der Waals surface area contributed by atoms with E-state index in [-0.39, 0.29) is 0 Å². The molecule has 2 rings (SSSR count). The maximum atomic E-state index is 5.17. The zero-order valence-electron chi connectivity index (χ0n) is 11.1. The Bertz CT molecular complexity index is 349. The summed E-state index contributed by atoms with van der Waals surface area (Å²) in [7, 11) is 1.78. The average molecular weight is 237 g/mol. The van der Waals surface area contributed by atoms with Crippen LogP contribution >= 0.6 is 0 Å². The summed E-state index contributed by atoms with van der Waals surface area (Å²) >= 11 is 0. The van der Waals surface area contributed by atoms with Crippen LogP contribution in [0.2, 0.25) is 0 Å². The second-order valence-corrected chi connectivity index (χ2v) is 5.26. The molecule has 0 amide bonds. The standard InChI is InChI=1S/C13H23N3O/c1-10-12(11(2)16-15-10)8-14-9-13(4-5-13)6-7-17-3/h14H,4-9H2,1-3H3,(H,15,16). The van der Waals surface area contributed by atoms with Crippen LogP contribution in [-0.2, 0) is 11.3 Å². The molecule has 0 atom stereocenters. The highest BCUT2D eigenvalue weighted by Gasteiger charge is 2.41. The monoisotopic (exact) mass is 237 g/mol. The number of ether oxygens (including phenoxy) is 1. The fraction of sp³-hybridized carbons (Fsp3) is 0.769. The van der Waals surface area contributed by atoms with Crippen LogP contribution in [-0.4, -0.2) is 30.5 Å². The highest BCUT2D eigenvalue weighted by atomic mass is 16.5. The van der Waals surface area contributed by atoms with Crippen LogP contribution in [0.1, 0.15) is 36.2 Å². The third-order valence-corrected chi connectivity index (χ3v) is 3.88. The highest BCUT2D eigenvalue weighted by molar-refractivity contribution is 5.22. The molecule has 0 aliphatic heterocycles. The summed E-state index contributed by atoms with van der Waals surface area (Å²) in [6.45, 7) is 7.03. The Hall–Kier alpha value is -0.870. The maximum absolute atomic E-state index is 5.17. The van der Waals surface area contributed by atoms with Crippen LogP contribution in [0.4, 0.5) is 0 Å². The molecule has 1 heterocycles. The number of nitrogens with zero attached hydrogens (tertiary/aromatic N) is 1. The Morgan fingerprint density at radius 3 is 2.71 bits per heavy atom. The van der Waals surface area contributed by atoms with Crippen LogP contribution in [0.25, 0.3) is 0 Å². The molecule has 0 radical (unpaired) electrons. The number of methoxy groups -OCH3 is 1. The Kier molecular flexibility index (Phi) is 3.84. The first-order valence-corrected chi connectivity index (χ1v) is 6.37. The predicted octanol–water partition coefficient (Wildman–Crippen LogP) is 1.93. The molecule has 17 heavy (non-hydrogen) atoms. The van der Waals surface area contributed by atoms with Crippen LogP contribution in [0.5, 0.6) is 0 Å².